The first-order valence-corrected chi connectivity index (χ1v) is 15.3. The summed E-state index contributed by atoms with van der Waals surface area (Å²) in [4.78, 5) is 96.7. The number of amides is 6. The Morgan fingerprint density at radius 3 is 1.57 bits per heavy atom. The zero-order chi connectivity index (χ0) is 39.4. The Kier molecular flexibility index (Phi) is 25.9. The van der Waals surface area contributed by atoms with Crippen molar-refractivity contribution >= 4 is 47.4 Å². The van der Waals surface area contributed by atoms with Crippen molar-refractivity contribution in [3.05, 3.63) is 54.1 Å². The number of aliphatic hydroxyl groups excluding tert-OH is 2. The van der Waals surface area contributed by atoms with E-state index in [-0.39, 0.29) is 18.9 Å². The molecular weight excluding hydrogens is 676 g/mol. The molecule has 6 amide bonds. The number of hydrogen-bond acceptors (Lipinski definition) is 11. The molecule has 1 aromatic carbocycles. The molecule has 0 saturated carbocycles. The molecule has 0 aliphatic heterocycles. The number of aliphatic carboxylic acids is 2. The molecule has 284 valence electrons. The molecule has 2 aromatic rings. The average molecular weight is 725 g/mol. The minimum absolute atomic E-state index is 0.188. The van der Waals surface area contributed by atoms with Crippen LogP contribution in [0.2, 0.25) is 0 Å². The first-order chi connectivity index (χ1) is 24.0. The summed E-state index contributed by atoms with van der Waals surface area (Å²) in [5, 5.41) is 47.3. The third-order valence-electron chi connectivity index (χ3n) is 5.61. The van der Waals surface area contributed by atoms with Crippen molar-refractivity contribution < 1.29 is 58.8 Å². The first kappa shape index (κ1) is 47.2. The molecule has 0 aliphatic carbocycles. The lowest BCUT2D eigenvalue weighted by molar-refractivity contribution is -0.143. The highest BCUT2D eigenvalue weighted by Crippen LogP contribution is 1.92. The Morgan fingerprint density at radius 1 is 0.725 bits per heavy atom. The van der Waals surface area contributed by atoms with Gasteiger partial charge < -0.3 is 57.3 Å². The number of nitrogens with one attached hydrogen (secondary N) is 7. The number of H-pyrrole nitrogens is 1. The molecule has 0 saturated heterocycles. The average Bonchev–Trinajstić information content (AvgIpc) is 3.57. The molecule has 51 heavy (non-hydrogen) atoms. The van der Waals surface area contributed by atoms with Crippen molar-refractivity contribution in [3.8, 4) is 0 Å². The van der Waals surface area contributed by atoms with E-state index in [0.717, 1.165) is 12.6 Å². The van der Waals surface area contributed by atoms with Crippen molar-refractivity contribution in [2.24, 2.45) is 0 Å². The predicted molar refractivity (Wildman–Crippen MR) is 180 cm³/mol. The van der Waals surface area contributed by atoms with Crippen molar-refractivity contribution in [2.75, 3.05) is 32.8 Å². The van der Waals surface area contributed by atoms with Gasteiger partial charge in [-0.25, -0.2) is 9.78 Å². The Morgan fingerprint density at radius 2 is 1.20 bits per heavy atom. The number of imidazole rings is 1. The van der Waals surface area contributed by atoms with E-state index < -0.39 is 85.9 Å². The van der Waals surface area contributed by atoms with Crippen LogP contribution in [0.1, 0.15) is 38.4 Å². The lowest BCUT2D eigenvalue weighted by Crippen LogP contribution is -2.54. The number of carboxylic acid groups (broad SMARTS) is 2. The zero-order valence-corrected chi connectivity index (χ0v) is 29.0. The van der Waals surface area contributed by atoms with Gasteiger partial charge in [0.2, 0.25) is 35.4 Å². The second-order valence-corrected chi connectivity index (χ2v) is 10.2. The lowest BCUT2D eigenvalue weighted by Gasteiger charge is -2.18. The topological polar surface area (TPSA) is 318 Å². The Balaban J connectivity index is 0. The van der Waals surface area contributed by atoms with Gasteiger partial charge in [0.25, 0.3) is 5.97 Å². The summed E-state index contributed by atoms with van der Waals surface area (Å²) in [6.07, 6.45) is 3.63. The quantitative estimate of drug-likeness (QED) is 0.0879. The molecule has 11 N–H and O–H groups in total. The standard InChI is InChI=1S/C18H30N6O10.C7H8.C4H6N2.C2H4O2/c1-3-12(27)19-4-13(28)22-9(2)16(31)20-5-14(29)23-10(7-25)17(32)21-6-15(30)24-11(8-26)18(33)34;1-7-5-3-2-4-6-7;1-4-2-5-3-6-4;1-2(3)4/h9-11,25-26H,3-8H2,1-2H3,(H,19,27)(H,20,31)(H,21,32)(H,22,28)(H,23,29)(H,24,30)(H,33,34);2-6H,1H3;2-3H,1H3,(H,5,6);1H3,(H,3,4). The molecule has 2 rings (SSSR count). The van der Waals surface area contributed by atoms with Crippen LogP contribution in [0.25, 0.3) is 0 Å². The van der Waals surface area contributed by atoms with E-state index in [1.54, 1.807) is 19.4 Å². The number of benzene rings is 1. The van der Waals surface area contributed by atoms with Crippen LogP contribution in [0, 0.1) is 13.8 Å². The number of aromatic amines is 1. The third kappa shape index (κ3) is 26.7. The van der Waals surface area contributed by atoms with Crippen LogP contribution in [0.3, 0.4) is 0 Å². The van der Waals surface area contributed by atoms with E-state index in [4.69, 9.17) is 20.1 Å². The predicted octanol–water partition coefficient (Wildman–Crippen LogP) is -2.91. The molecule has 0 radical (unpaired) electrons. The highest BCUT2D eigenvalue weighted by molar-refractivity contribution is 5.94. The van der Waals surface area contributed by atoms with Gasteiger partial charge in [-0.3, -0.25) is 33.6 Å². The summed E-state index contributed by atoms with van der Waals surface area (Å²) in [5.74, 6) is -6.79. The van der Waals surface area contributed by atoms with Gasteiger partial charge in [0.1, 0.15) is 18.1 Å². The van der Waals surface area contributed by atoms with E-state index >= 15 is 0 Å². The van der Waals surface area contributed by atoms with Gasteiger partial charge in [-0.15, -0.1) is 0 Å². The number of aryl methyl sites for hydroxylation is 2. The number of hydrogen-bond donors (Lipinski definition) is 11. The van der Waals surface area contributed by atoms with Gasteiger partial charge in [-0.2, -0.15) is 0 Å². The van der Waals surface area contributed by atoms with Gasteiger partial charge in [-0.05, 0) is 20.8 Å². The number of rotatable bonds is 15. The molecule has 20 nitrogen and oxygen atoms in total. The van der Waals surface area contributed by atoms with Gasteiger partial charge in [0.15, 0.2) is 0 Å². The summed E-state index contributed by atoms with van der Waals surface area (Å²) in [5.41, 5.74) is 2.43. The summed E-state index contributed by atoms with van der Waals surface area (Å²) < 4.78 is 0. The lowest BCUT2D eigenvalue weighted by atomic mass is 10.2. The van der Waals surface area contributed by atoms with Crippen molar-refractivity contribution in [1.29, 1.82) is 0 Å². The van der Waals surface area contributed by atoms with Crippen LogP contribution >= 0.6 is 0 Å². The molecule has 1 heterocycles. The molecule has 3 unspecified atom stereocenters. The molecule has 0 aliphatic rings. The Bertz CT molecular complexity index is 1370. The number of carboxylic acids is 2. The van der Waals surface area contributed by atoms with Gasteiger partial charge in [0, 0.05) is 25.2 Å². The van der Waals surface area contributed by atoms with Gasteiger partial charge in [-0.1, -0.05) is 42.8 Å². The number of carbonyl (C=O) groups is 8. The minimum Gasteiger partial charge on any atom is -0.481 e. The summed E-state index contributed by atoms with van der Waals surface area (Å²) in [6.45, 7) is 4.74. The van der Waals surface area contributed by atoms with Crippen molar-refractivity contribution in [1.82, 2.24) is 41.9 Å². The molecule has 0 bridgehead atoms. The molecule has 3 atom stereocenters. The molecule has 20 heteroatoms. The van der Waals surface area contributed by atoms with E-state index in [1.165, 1.54) is 12.5 Å². The Labute approximate surface area is 294 Å². The maximum atomic E-state index is 12.0. The van der Waals surface area contributed by atoms with E-state index in [1.807, 2.05) is 30.4 Å². The van der Waals surface area contributed by atoms with Crippen LogP contribution in [0.15, 0.2) is 42.9 Å². The molecule has 0 fully saturated rings. The smallest absolute Gasteiger partial charge is 0.328 e. The van der Waals surface area contributed by atoms with Crippen LogP contribution in [-0.4, -0.2) is 129 Å². The fourth-order valence-corrected chi connectivity index (χ4v) is 3.00. The number of aromatic nitrogens is 2. The summed E-state index contributed by atoms with van der Waals surface area (Å²) in [7, 11) is 0. The van der Waals surface area contributed by atoms with Gasteiger partial charge in [0.05, 0.1) is 39.2 Å². The maximum absolute atomic E-state index is 12.0. The zero-order valence-electron chi connectivity index (χ0n) is 29.0. The van der Waals surface area contributed by atoms with Crippen molar-refractivity contribution in [2.45, 2.75) is 59.2 Å². The fourth-order valence-electron chi connectivity index (χ4n) is 3.00. The minimum atomic E-state index is -1.57. The highest BCUT2D eigenvalue weighted by Gasteiger charge is 2.23. The summed E-state index contributed by atoms with van der Waals surface area (Å²) in [6, 6.07) is 6.17. The first-order valence-electron chi connectivity index (χ1n) is 15.3. The van der Waals surface area contributed by atoms with Crippen molar-refractivity contribution in [3.63, 3.8) is 0 Å². The monoisotopic (exact) mass is 724 g/mol. The number of carbonyl (C=O) groups excluding carboxylic acids is 6. The maximum Gasteiger partial charge on any atom is 0.328 e. The Hall–Kier alpha value is -5.89. The largest absolute Gasteiger partial charge is 0.481 e. The second-order valence-electron chi connectivity index (χ2n) is 10.2. The molecule has 1 aromatic heterocycles. The van der Waals surface area contributed by atoms with E-state index in [0.29, 0.717) is 0 Å². The third-order valence-corrected chi connectivity index (χ3v) is 5.61. The highest BCUT2D eigenvalue weighted by atomic mass is 16.4. The van der Waals surface area contributed by atoms with Crippen LogP contribution in [0.4, 0.5) is 0 Å². The van der Waals surface area contributed by atoms with Gasteiger partial charge >= 0.3 is 5.97 Å². The molecular formula is C31H48N8O12. The number of aliphatic hydroxyl groups is 2. The van der Waals surface area contributed by atoms with E-state index in [9.17, 15) is 38.7 Å². The normalized spacial score (nSPS) is 11.3. The summed E-state index contributed by atoms with van der Waals surface area (Å²) >= 11 is 0. The van der Waals surface area contributed by atoms with Crippen LogP contribution < -0.4 is 31.9 Å². The fraction of sp³-hybridized carbons (Fsp3) is 0.452. The second kappa shape index (κ2) is 28.0. The van der Waals surface area contributed by atoms with Crippen LogP contribution in [0.5, 0.6) is 0 Å². The SMILES string of the molecule is CC(=O)O.CCC(=O)NCC(=O)NC(C)C(=O)NCC(=O)NC(CO)C(=O)NCC(=O)NC(CO)C(=O)O.Cc1ccccc1.Cc1cnc[nH]1. The van der Waals surface area contributed by atoms with E-state index in [2.05, 4.69) is 55.6 Å². The number of nitrogens with zero attached hydrogens (tertiary/aromatic N) is 1. The molecule has 0 spiro atoms. The van der Waals surface area contributed by atoms with Crippen LogP contribution in [-0.2, 0) is 38.4 Å².